The summed E-state index contributed by atoms with van der Waals surface area (Å²) in [4.78, 5) is 40.0. The van der Waals surface area contributed by atoms with Crippen LogP contribution in [0.1, 0.15) is 20.7 Å². The van der Waals surface area contributed by atoms with Crippen LogP contribution >= 0.6 is 15.9 Å². The third-order valence-electron chi connectivity index (χ3n) is 6.31. The molecule has 1 aliphatic heterocycles. The molecular formula is C28H16BrN3O4. The Labute approximate surface area is 213 Å². The van der Waals surface area contributed by atoms with Crippen LogP contribution in [0, 0.1) is 10.1 Å². The molecule has 0 saturated carbocycles. The molecule has 8 heteroatoms. The van der Waals surface area contributed by atoms with Crippen molar-refractivity contribution in [3.05, 3.63) is 117 Å². The van der Waals surface area contributed by atoms with Gasteiger partial charge in [-0.05, 0) is 53.2 Å². The van der Waals surface area contributed by atoms with Crippen LogP contribution in [0.4, 0.5) is 22.7 Å². The lowest BCUT2D eigenvalue weighted by Gasteiger charge is -2.28. The van der Waals surface area contributed by atoms with E-state index in [9.17, 15) is 19.7 Å². The number of hydrogen-bond donors (Lipinski definition) is 1. The van der Waals surface area contributed by atoms with Crippen molar-refractivity contribution in [1.82, 2.24) is 0 Å². The van der Waals surface area contributed by atoms with Gasteiger partial charge >= 0.3 is 0 Å². The minimum absolute atomic E-state index is 0.112. The largest absolute Gasteiger partial charge is 0.349 e. The molecule has 36 heavy (non-hydrogen) atoms. The normalized spacial score (nSPS) is 12.9. The number of nitro groups is 1. The molecule has 1 N–H and O–H groups in total. The van der Waals surface area contributed by atoms with Crippen LogP contribution in [0.5, 0.6) is 0 Å². The number of amides is 2. The first-order valence-corrected chi connectivity index (χ1v) is 11.9. The first-order valence-electron chi connectivity index (χ1n) is 11.1. The molecule has 1 heterocycles. The SMILES string of the molecule is O=C1c2cccc3c(Nc4ccc(Br)cc4)c([N+](=O)[O-])cc(c23)C(=O)N1c1ccc2ccccc2c1. The fourth-order valence-electron chi connectivity index (χ4n) is 4.65. The van der Waals surface area contributed by atoms with Crippen LogP contribution in [-0.2, 0) is 0 Å². The fraction of sp³-hybridized carbons (Fsp3) is 0. The summed E-state index contributed by atoms with van der Waals surface area (Å²) in [7, 11) is 0. The summed E-state index contributed by atoms with van der Waals surface area (Å²) in [6.07, 6.45) is 0. The maximum absolute atomic E-state index is 13.7. The van der Waals surface area contributed by atoms with Gasteiger partial charge < -0.3 is 5.32 Å². The fourth-order valence-corrected chi connectivity index (χ4v) is 4.92. The average molecular weight is 538 g/mol. The molecule has 0 atom stereocenters. The number of carbonyl (C=O) groups is 2. The number of carbonyl (C=O) groups excluding carboxylic acids is 2. The van der Waals surface area contributed by atoms with E-state index in [4.69, 9.17) is 0 Å². The number of fused-ring (bicyclic) bond motifs is 1. The molecular weight excluding hydrogens is 522 g/mol. The van der Waals surface area contributed by atoms with Crippen molar-refractivity contribution in [2.75, 3.05) is 10.2 Å². The number of anilines is 3. The first-order chi connectivity index (χ1) is 17.4. The molecule has 0 aromatic heterocycles. The minimum Gasteiger partial charge on any atom is -0.349 e. The Morgan fingerprint density at radius 3 is 2.25 bits per heavy atom. The van der Waals surface area contributed by atoms with Gasteiger partial charge in [-0.2, -0.15) is 0 Å². The van der Waals surface area contributed by atoms with Crippen LogP contribution in [0.15, 0.2) is 95.5 Å². The minimum atomic E-state index is -0.600. The van der Waals surface area contributed by atoms with Crippen molar-refractivity contribution >= 4 is 72.0 Å². The van der Waals surface area contributed by atoms with Crippen molar-refractivity contribution in [2.24, 2.45) is 0 Å². The number of halogens is 1. The second kappa shape index (κ2) is 8.28. The molecule has 0 spiro atoms. The molecule has 174 valence electrons. The van der Waals surface area contributed by atoms with Gasteiger partial charge in [0.25, 0.3) is 17.5 Å². The smallest absolute Gasteiger partial charge is 0.294 e. The molecule has 2 amide bonds. The van der Waals surface area contributed by atoms with E-state index in [1.54, 1.807) is 42.5 Å². The zero-order valence-electron chi connectivity index (χ0n) is 18.6. The summed E-state index contributed by atoms with van der Waals surface area (Å²) in [5, 5.41) is 17.9. The van der Waals surface area contributed by atoms with Gasteiger partial charge in [-0.25, -0.2) is 4.90 Å². The molecule has 0 unspecified atom stereocenters. The maximum Gasteiger partial charge on any atom is 0.294 e. The quantitative estimate of drug-likeness (QED) is 0.148. The van der Waals surface area contributed by atoms with Crippen molar-refractivity contribution in [3.8, 4) is 0 Å². The lowest BCUT2D eigenvalue weighted by Crippen LogP contribution is -2.40. The number of nitrogens with one attached hydrogen (secondary N) is 1. The van der Waals surface area contributed by atoms with E-state index in [-0.39, 0.29) is 16.9 Å². The molecule has 0 aliphatic carbocycles. The molecule has 0 radical (unpaired) electrons. The third kappa shape index (κ3) is 3.42. The number of rotatable bonds is 4. The Kier molecular flexibility index (Phi) is 5.05. The molecule has 7 nitrogen and oxygen atoms in total. The van der Waals surface area contributed by atoms with Crippen LogP contribution in [-0.4, -0.2) is 16.7 Å². The monoisotopic (exact) mass is 537 g/mol. The van der Waals surface area contributed by atoms with Gasteiger partial charge in [-0.3, -0.25) is 19.7 Å². The van der Waals surface area contributed by atoms with Crippen molar-refractivity contribution in [3.63, 3.8) is 0 Å². The van der Waals surface area contributed by atoms with E-state index >= 15 is 0 Å². The van der Waals surface area contributed by atoms with Crippen molar-refractivity contribution in [1.29, 1.82) is 0 Å². The van der Waals surface area contributed by atoms with Gasteiger partial charge in [0.2, 0.25) is 0 Å². The molecule has 0 fully saturated rings. The zero-order valence-corrected chi connectivity index (χ0v) is 20.2. The van der Waals surface area contributed by atoms with Gasteiger partial charge in [0.05, 0.1) is 16.2 Å². The van der Waals surface area contributed by atoms with Gasteiger partial charge in [0.15, 0.2) is 0 Å². The van der Waals surface area contributed by atoms with Crippen molar-refractivity contribution in [2.45, 2.75) is 0 Å². The summed E-state index contributed by atoms with van der Waals surface area (Å²) >= 11 is 3.38. The Balaban J connectivity index is 1.55. The Morgan fingerprint density at radius 1 is 0.778 bits per heavy atom. The standard InChI is InChI=1S/C28H16BrN3O4/c29-18-9-11-19(12-10-18)30-26-21-6-3-7-22-25(21)23(15-24(26)32(35)36)28(34)31(27(22)33)20-13-8-16-4-1-2-5-17(16)14-20/h1-15,30H. The number of nitro benzene ring substituents is 1. The number of hydrogen-bond acceptors (Lipinski definition) is 5. The lowest BCUT2D eigenvalue weighted by molar-refractivity contribution is -0.383. The van der Waals surface area contributed by atoms with E-state index in [1.165, 1.54) is 6.07 Å². The molecule has 5 aromatic carbocycles. The number of imide groups is 1. The van der Waals surface area contributed by atoms with Crippen LogP contribution in [0.25, 0.3) is 21.5 Å². The van der Waals surface area contributed by atoms with Crippen LogP contribution < -0.4 is 10.2 Å². The summed E-state index contributed by atoms with van der Waals surface area (Å²) in [6.45, 7) is 0. The highest BCUT2D eigenvalue weighted by atomic mass is 79.9. The first kappa shape index (κ1) is 21.9. The van der Waals surface area contributed by atoms with E-state index in [1.807, 2.05) is 42.5 Å². The zero-order chi connectivity index (χ0) is 25.0. The Bertz CT molecular complexity index is 1750. The molecule has 6 rings (SSSR count). The van der Waals surface area contributed by atoms with Crippen LogP contribution in [0.2, 0.25) is 0 Å². The van der Waals surface area contributed by atoms with Gasteiger partial charge in [-0.1, -0.05) is 58.4 Å². The summed E-state index contributed by atoms with van der Waals surface area (Å²) in [5.41, 5.74) is 1.44. The van der Waals surface area contributed by atoms with E-state index in [0.29, 0.717) is 27.7 Å². The summed E-state index contributed by atoms with van der Waals surface area (Å²) in [6, 6.07) is 26.4. The van der Waals surface area contributed by atoms with Crippen molar-refractivity contribution < 1.29 is 14.5 Å². The van der Waals surface area contributed by atoms with Gasteiger partial charge in [0.1, 0.15) is 5.69 Å². The highest BCUT2D eigenvalue weighted by Gasteiger charge is 2.37. The highest BCUT2D eigenvalue weighted by Crippen LogP contribution is 2.42. The predicted molar refractivity (Wildman–Crippen MR) is 143 cm³/mol. The second-order valence-electron chi connectivity index (χ2n) is 8.41. The van der Waals surface area contributed by atoms with E-state index in [0.717, 1.165) is 20.1 Å². The summed E-state index contributed by atoms with van der Waals surface area (Å²) in [5.74, 6) is -1.07. The molecule has 5 aromatic rings. The predicted octanol–water partition coefficient (Wildman–Crippen LogP) is 7.21. The molecule has 1 aliphatic rings. The average Bonchev–Trinajstić information content (AvgIpc) is 2.89. The maximum atomic E-state index is 13.7. The number of benzene rings is 5. The third-order valence-corrected chi connectivity index (χ3v) is 6.84. The highest BCUT2D eigenvalue weighted by molar-refractivity contribution is 9.10. The second-order valence-corrected chi connectivity index (χ2v) is 9.33. The van der Waals surface area contributed by atoms with E-state index in [2.05, 4.69) is 21.2 Å². The van der Waals surface area contributed by atoms with Gasteiger partial charge in [-0.15, -0.1) is 0 Å². The van der Waals surface area contributed by atoms with Crippen LogP contribution in [0.3, 0.4) is 0 Å². The lowest BCUT2D eigenvalue weighted by atomic mass is 9.91. The topological polar surface area (TPSA) is 92.5 Å². The van der Waals surface area contributed by atoms with Gasteiger partial charge in [0, 0.05) is 32.6 Å². The van der Waals surface area contributed by atoms with E-state index < -0.39 is 16.7 Å². The summed E-state index contributed by atoms with van der Waals surface area (Å²) < 4.78 is 0.865. The molecule has 0 saturated heterocycles. The Hall–Kier alpha value is -4.56. The number of nitrogens with zero attached hydrogens (tertiary/aromatic N) is 2. The Morgan fingerprint density at radius 2 is 1.50 bits per heavy atom. The molecule has 0 bridgehead atoms.